The van der Waals surface area contributed by atoms with Crippen molar-refractivity contribution < 1.29 is 15.1 Å². The van der Waals surface area contributed by atoms with E-state index in [0.717, 1.165) is 36.2 Å². The Balaban J connectivity index is 1.67. The summed E-state index contributed by atoms with van der Waals surface area (Å²) in [6.07, 6.45) is 1.64. The van der Waals surface area contributed by atoms with Gasteiger partial charge < -0.3 is 15.2 Å². The quantitative estimate of drug-likeness (QED) is 0.454. The number of H-pyrrole nitrogens is 1. The highest BCUT2D eigenvalue weighted by Gasteiger charge is 2.25. The van der Waals surface area contributed by atoms with Gasteiger partial charge in [-0.05, 0) is 61.6 Å². The van der Waals surface area contributed by atoms with Gasteiger partial charge in [-0.3, -0.25) is 15.1 Å². The number of aliphatic hydroxyl groups excluding tert-OH is 2. The van der Waals surface area contributed by atoms with E-state index in [4.69, 9.17) is 4.99 Å². The van der Waals surface area contributed by atoms with E-state index in [1.54, 1.807) is 0 Å². The molecular weight excluding hydrogens is 370 g/mol. The minimum absolute atomic E-state index is 0.0434. The summed E-state index contributed by atoms with van der Waals surface area (Å²) in [4.78, 5) is 18.5. The first-order chi connectivity index (χ1) is 14.0. The van der Waals surface area contributed by atoms with Gasteiger partial charge in [0.25, 0.3) is 5.69 Å². The second-order valence-electron chi connectivity index (χ2n) is 7.50. The molecule has 7 heteroatoms. The van der Waals surface area contributed by atoms with Gasteiger partial charge >= 0.3 is 0 Å². The van der Waals surface area contributed by atoms with Crippen LogP contribution >= 0.6 is 0 Å². The van der Waals surface area contributed by atoms with Gasteiger partial charge in [-0.1, -0.05) is 11.6 Å². The molecule has 1 aliphatic rings. The van der Waals surface area contributed by atoms with Crippen LogP contribution in [0.4, 0.5) is 5.69 Å². The van der Waals surface area contributed by atoms with Crippen LogP contribution in [-0.4, -0.2) is 38.5 Å². The maximum Gasteiger partial charge on any atom is 0.269 e. The number of aliphatic imine (C=N–C) groups is 1. The van der Waals surface area contributed by atoms with Crippen molar-refractivity contribution in [3.63, 3.8) is 0 Å². The number of hydrogen-bond donors (Lipinski definition) is 3. The molecule has 0 aliphatic heterocycles. The van der Waals surface area contributed by atoms with Crippen LogP contribution in [0, 0.1) is 17.0 Å². The van der Waals surface area contributed by atoms with Crippen molar-refractivity contribution in [3.8, 4) is 0 Å². The number of non-ortho nitro benzene ring substituents is 1. The number of benzene rings is 2. The van der Waals surface area contributed by atoms with Gasteiger partial charge in [0.2, 0.25) is 0 Å². The second kappa shape index (κ2) is 7.77. The van der Waals surface area contributed by atoms with Gasteiger partial charge in [0, 0.05) is 23.0 Å². The van der Waals surface area contributed by atoms with Crippen molar-refractivity contribution in [2.24, 2.45) is 4.99 Å². The van der Waals surface area contributed by atoms with Crippen molar-refractivity contribution >= 4 is 22.3 Å². The monoisotopic (exact) mass is 393 g/mol. The third kappa shape index (κ3) is 3.66. The normalized spacial score (nSPS) is 17.3. The van der Waals surface area contributed by atoms with Crippen LogP contribution in [0.25, 0.3) is 10.9 Å². The van der Waals surface area contributed by atoms with Gasteiger partial charge in [0.1, 0.15) is 12.1 Å². The summed E-state index contributed by atoms with van der Waals surface area (Å²) in [5.74, 6) is 0. The third-order valence-corrected chi connectivity index (χ3v) is 5.51. The van der Waals surface area contributed by atoms with E-state index in [-0.39, 0.29) is 12.3 Å². The number of aliphatic hydroxyl groups is 2. The maximum atomic E-state index is 10.8. The SMILES string of the molecule is Cc1ccc2[nH]c3c(c2c1)CCCC3=N[C@H](CO)[C@@H](O)c1ccc([N+](=O)[O-])cc1. The highest BCUT2D eigenvalue weighted by molar-refractivity contribution is 6.06. The minimum Gasteiger partial charge on any atom is -0.394 e. The van der Waals surface area contributed by atoms with Gasteiger partial charge in [-0.2, -0.15) is 0 Å². The highest BCUT2D eigenvalue weighted by atomic mass is 16.6. The number of nitrogens with one attached hydrogen (secondary N) is 1. The predicted octanol–water partition coefficient (Wildman–Crippen LogP) is 3.60. The zero-order chi connectivity index (χ0) is 20.5. The van der Waals surface area contributed by atoms with E-state index in [1.165, 1.54) is 40.8 Å². The number of nitrogens with zero attached hydrogens (tertiary/aromatic N) is 2. The van der Waals surface area contributed by atoms with Crippen molar-refractivity contribution in [1.29, 1.82) is 0 Å². The lowest BCUT2D eigenvalue weighted by Crippen LogP contribution is -2.24. The number of nitro groups is 1. The molecule has 1 aliphatic carbocycles. The Hall–Kier alpha value is -3.03. The summed E-state index contributed by atoms with van der Waals surface area (Å²) >= 11 is 0. The van der Waals surface area contributed by atoms with Crippen molar-refractivity contribution in [1.82, 2.24) is 4.98 Å². The van der Waals surface area contributed by atoms with E-state index >= 15 is 0 Å². The molecule has 7 nitrogen and oxygen atoms in total. The molecule has 2 aromatic carbocycles. The lowest BCUT2D eigenvalue weighted by Gasteiger charge is -2.21. The highest BCUT2D eigenvalue weighted by Crippen LogP contribution is 2.31. The average molecular weight is 393 g/mol. The zero-order valence-electron chi connectivity index (χ0n) is 16.1. The molecule has 150 valence electrons. The molecule has 0 radical (unpaired) electrons. The molecule has 3 N–H and O–H groups in total. The Morgan fingerprint density at radius 3 is 2.66 bits per heavy atom. The Labute approximate surface area is 167 Å². The number of aromatic nitrogens is 1. The van der Waals surface area contributed by atoms with Crippen LogP contribution in [-0.2, 0) is 6.42 Å². The van der Waals surface area contributed by atoms with Gasteiger partial charge in [-0.25, -0.2) is 0 Å². The fourth-order valence-corrected chi connectivity index (χ4v) is 3.98. The van der Waals surface area contributed by atoms with Crippen LogP contribution in [0.15, 0.2) is 47.5 Å². The molecule has 2 atom stereocenters. The van der Waals surface area contributed by atoms with Crippen LogP contribution in [0.3, 0.4) is 0 Å². The van der Waals surface area contributed by atoms with Gasteiger partial charge in [0.05, 0.1) is 22.9 Å². The Morgan fingerprint density at radius 2 is 1.97 bits per heavy atom. The Kier molecular flexibility index (Phi) is 5.17. The molecule has 1 heterocycles. The largest absolute Gasteiger partial charge is 0.394 e. The van der Waals surface area contributed by atoms with E-state index in [1.807, 2.05) is 0 Å². The topological polar surface area (TPSA) is 112 Å². The summed E-state index contributed by atoms with van der Waals surface area (Å²) < 4.78 is 0. The van der Waals surface area contributed by atoms with E-state index in [0.29, 0.717) is 5.56 Å². The summed E-state index contributed by atoms with van der Waals surface area (Å²) in [6.45, 7) is 1.75. The lowest BCUT2D eigenvalue weighted by molar-refractivity contribution is -0.384. The Bertz CT molecular complexity index is 1090. The Morgan fingerprint density at radius 1 is 1.21 bits per heavy atom. The average Bonchev–Trinajstić information content (AvgIpc) is 3.10. The number of hydrogen-bond acceptors (Lipinski definition) is 5. The lowest BCUT2D eigenvalue weighted by atomic mass is 9.93. The minimum atomic E-state index is -1.05. The molecule has 4 rings (SSSR count). The van der Waals surface area contributed by atoms with Gasteiger partial charge in [0.15, 0.2) is 0 Å². The fourth-order valence-electron chi connectivity index (χ4n) is 3.98. The predicted molar refractivity (Wildman–Crippen MR) is 111 cm³/mol. The number of nitro benzene ring substituents is 1. The fraction of sp³-hybridized carbons (Fsp3) is 0.318. The molecule has 0 saturated carbocycles. The maximum absolute atomic E-state index is 10.8. The first kappa shape index (κ1) is 19.3. The summed E-state index contributed by atoms with van der Waals surface area (Å²) in [5.41, 5.74) is 5.76. The first-order valence-corrected chi connectivity index (χ1v) is 9.69. The molecule has 0 unspecified atom stereocenters. The number of fused-ring (bicyclic) bond motifs is 3. The third-order valence-electron chi connectivity index (χ3n) is 5.51. The molecule has 3 aromatic rings. The van der Waals surface area contributed by atoms with Crippen molar-refractivity contribution in [2.75, 3.05) is 6.61 Å². The number of aryl methyl sites for hydroxylation is 2. The van der Waals surface area contributed by atoms with E-state index in [2.05, 4.69) is 30.1 Å². The molecule has 0 spiro atoms. The summed E-state index contributed by atoms with van der Waals surface area (Å²) in [7, 11) is 0. The molecule has 0 bridgehead atoms. The standard InChI is InChI=1S/C22H23N3O4/c1-13-5-10-18-17(11-13)16-3-2-4-19(21(16)24-18)23-20(12-26)22(27)14-6-8-15(9-7-14)25(28)29/h5-11,20,22,24,26-27H,2-4,12H2,1H3/t20-,22+/m1/s1. The van der Waals surface area contributed by atoms with E-state index in [9.17, 15) is 20.3 Å². The van der Waals surface area contributed by atoms with Crippen molar-refractivity contribution in [2.45, 2.75) is 38.3 Å². The molecule has 0 fully saturated rings. The molecular formula is C22H23N3O4. The zero-order valence-corrected chi connectivity index (χ0v) is 16.1. The van der Waals surface area contributed by atoms with E-state index < -0.39 is 17.1 Å². The van der Waals surface area contributed by atoms with Crippen LogP contribution < -0.4 is 0 Å². The second-order valence-corrected chi connectivity index (χ2v) is 7.50. The van der Waals surface area contributed by atoms with Crippen molar-refractivity contribution in [3.05, 3.63) is 75.0 Å². The van der Waals surface area contributed by atoms with Crippen LogP contribution in [0.5, 0.6) is 0 Å². The molecule has 0 amide bonds. The van der Waals surface area contributed by atoms with Crippen LogP contribution in [0.2, 0.25) is 0 Å². The molecule has 1 aromatic heterocycles. The molecule has 29 heavy (non-hydrogen) atoms. The van der Waals surface area contributed by atoms with Crippen LogP contribution in [0.1, 0.15) is 41.3 Å². The summed E-state index contributed by atoms with van der Waals surface area (Å²) in [6, 6.07) is 11.3. The smallest absolute Gasteiger partial charge is 0.269 e. The van der Waals surface area contributed by atoms with Gasteiger partial charge in [-0.15, -0.1) is 0 Å². The first-order valence-electron chi connectivity index (χ1n) is 9.69. The summed E-state index contributed by atoms with van der Waals surface area (Å²) in [5, 5.41) is 32.6. The number of aromatic amines is 1. The number of rotatable bonds is 5. The molecule has 0 saturated heterocycles.